The summed E-state index contributed by atoms with van der Waals surface area (Å²) in [5.41, 5.74) is 7.32. The average molecular weight is 185 g/mol. The Morgan fingerprint density at radius 3 is 2.93 bits per heavy atom. The molecule has 0 unspecified atom stereocenters. The molecule has 0 atom stereocenters. The molecular weight excluding hydrogens is 174 g/mol. The minimum atomic E-state index is 0.629. The molecule has 0 aliphatic rings. The van der Waals surface area contributed by atoms with Crippen LogP contribution in [0, 0.1) is 11.3 Å². The van der Waals surface area contributed by atoms with E-state index >= 15 is 0 Å². The number of nitrogens with zero attached hydrogens (tertiary/aromatic N) is 2. The number of rotatable bonds is 2. The fourth-order valence-electron chi connectivity index (χ4n) is 1.60. The van der Waals surface area contributed by atoms with Gasteiger partial charge in [-0.25, -0.2) is 0 Å². The van der Waals surface area contributed by atoms with Gasteiger partial charge in [-0.05, 0) is 24.3 Å². The lowest BCUT2D eigenvalue weighted by Gasteiger charge is -2.01. The number of fused-ring (bicyclic) bond motifs is 1. The largest absolute Gasteiger partial charge is 0.346 e. The Labute approximate surface area is 82.4 Å². The van der Waals surface area contributed by atoms with E-state index in [9.17, 15) is 0 Å². The quantitative estimate of drug-likeness (QED) is 0.770. The standard InChI is InChI=1S/C11H11N3/c12-4-6-14-5-3-10-7-9(8-13)1-2-11(10)14/h1-3,5,7H,4,6,12H2. The molecule has 2 aromatic rings. The van der Waals surface area contributed by atoms with E-state index < -0.39 is 0 Å². The second-order valence-corrected chi connectivity index (χ2v) is 3.18. The Morgan fingerprint density at radius 1 is 1.36 bits per heavy atom. The first kappa shape index (κ1) is 8.79. The minimum Gasteiger partial charge on any atom is -0.346 e. The molecule has 1 heterocycles. The van der Waals surface area contributed by atoms with Gasteiger partial charge >= 0.3 is 0 Å². The maximum Gasteiger partial charge on any atom is 0.0991 e. The third-order valence-corrected chi connectivity index (χ3v) is 2.27. The van der Waals surface area contributed by atoms with Crippen LogP contribution in [-0.2, 0) is 6.54 Å². The Bertz CT molecular complexity index is 491. The molecule has 70 valence electrons. The van der Waals surface area contributed by atoms with Crippen molar-refractivity contribution in [3.63, 3.8) is 0 Å². The predicted molar refractivity (Wildman–Crippen MR) is 55.7 cm³/mol. The van der Waals surface area contributed by atoms with Crippen molar-refractivity contribution in [2.75, 3.05) is 6.54 Å². The highest BCUT2D eigenvalue weighted by molar-refractivity contribution is 5.81. The van der Waals surface area contributed by atoms with Crippen LogP contribution in [0.15, 0.2) is 30.5 Å². The van der Waals surface area contributed by atoms with Crippen LogP contribution in [0.25, 0.3) is 10.9 Å². The summed E-state index contributed by atoms with van der Waals surface area (Å²) >= 11 is 0. The van der Waals surface area contributed by atoms with E-state index in [-0.39, 0.29) is 0 Å². The second kappa shape index (κ2) is 3.52. The van der Waals surface area contributed by atoms with Gasteiger partial charge in [0.25, 0.3) is 0 Å². The van der Waals surface area contributed by atoms with Gasteiger partial charge < -0.3 is 10.3 Å². The zero-order valence-electron chi connectivity index (χ0n) is 7.77. The van der Waals surface area contributed by atoms with E-state index in [1.807, 2.05) is 30.5 Å². The molecule has 0 fully saturated rings. The molecule has 0 bridgehead atoms. The van der Waals surface area contributed by atoms with Crippen molar-refractivity contribution in [2.45, 2.75) is 6.54 Å². The Kier molecular flexibility index (Phi) is 2.21. The van der Waals surface area contributed by atoms with Crippen molar-refractivity contribution in [2.24, 2.45) is 5.73 Å². The fraction of sp³-hybridized carbons (Fsp3) is 0.182. The van der Waals surface area contributed by atoms with Crippen LogP contribution in [0.1, 0.15) is 5.56 Å². The normalized spacial score (nSPS) is 10.3. The third-order valence-electron chi connectivity index (χ3n) is 2.27. The van der Waals surface area contributed by atoms with E-state index in [0.717, 1.165) is 17.4 Å². The van der Waals surface area contributed by atoms with Crippen LogP contribution < -0.4 is 5.73 Å². The zero-order chi connectivity index (χ0) is 9.97. The fourth-order valence-corrected chi connectivity index (χ4v) is 1.60. The first-order valence-electron chi connectivity index (χ1n) is 4.54. The van der Waals surface area contributed by atoms with Gasteiger partial charge in [0.05, 0.1) is 11.6 Å². The first-order chi connectivity index (χ1) is 6.85. The molecule has 0 spiro atoms. The molecule has 14 heavy (non-hydrogen) atoms. The summed E-state index contributed by atoms with van der Waals surface area (Å²) in [6, 6.07) is 9.81. The van der Waals surface area contributed by atoms with Gasteiger partial charge in [-0.3, -0.25) is 0 Å². The van der Waals surface area contributed by atoms with Crippen LogP contribution in [0.3, 0.4) is 0 Å². The molecule has 1 aromatic heterocycles. The summed E-state index contributed by atoms with van der Waals surface area (Å²) in [7, 11) is 0. The van der Waals surface area contributed by atoms with Gasteiger partial charge in [-0.1, -0.05) is 0 Å². The molecule has 3 heteroatoms. The molecule has 0 radical (unpaired) electrons. The Morgan fingerprint density at radius 2 is 2.21 bits per heavy atom. The maximum atomic E-state index is 8.73. The van der Waals surface area contributed by atoms with Gasteiger partial charge in [0.2, 0.25) is 0 Å². The lowest BCUT2D eigenvalue weighted by molar-refractivity contribution is 0.735. The van der Waals surface area contributed by atoms with Gasteiger partial charge in [-0.15, -0.1) is 0 Å². The van der Waals surface area contributed by atoms with Crippen LogP contribution in [0.4, 0.5) is 0 Å². The predicted octanol–water partition coefficient (Wildman–Crippen LogP) is 1.47. The zero-order valence-corrected chi connectivity index (χ0v) is 7.77. The molecule has 0 aliphatic carbocycles. The SMILES string of the molecule is N#Cc1ccc2c(ccn2CCN)c1. The molecule has 0 saturated carbocycles. The van der Waals surface area contributed by atoms with E-state index in [1.54, 1.807) is 0 Å². The summed E-state index contributed by atoms with van der Waals surface area (Å²) < 4.78 is 2.09. The van der Waals surface area contributed by atoms with Crippen LogP contribution in [0.5, 0.6) is 0 Å². The van der Waals surface area contributed by atoms with E-state index in [4.69, 9.17) is 11.0 Å². The van der Waals surface area contributed by atoms with E-state index in [2.05, 4.69) is 10.6 Å². The number of nitrogens with two attached hydrogens (primary N) is 1. The molecule has 1 aromatic carbocycles. The number of nitriles is 1. The lowest BCUT2D eigenvalue weighted by Crippen LogP contribution is -2.08. The molecular formula is C11H11N3. The summed E-state index contributed by atoms with van der Waals surface area (Å²) in [4.78, 5) is 0. The van der Waals surface area contributed by atoms with Crippen LogP contribution in [0.2, 0.25) is 0 Å². The Hall–Kier alpha value is -1.79. The van der Waals surface area contributed by atoms with Crippen molar-refractivity contribution in [3.05, 3.63) is 36.0 Å². The number of aromatic nitrogens is 1. The minimum absolute atomic E-state index is 0.629. The third kappa shape index (κ3) is 1.36. The summed E-state index contributed by atoms with van der Waals surface area (Å²) in [6.45, 7) is 1.44. The summed E-state index contributed by atoms with van der Waals surface area (Å²) in [5.74, 6) is 0. The summed E-state index contributed by atoms with van der Waals surface area (Å²) in [6.07, 6.45) is 2.00. The molecule has 3 nitrogen and oxygen atoms in total. The van der Waals surface area contributed by atoms with Crippen molar-refractivity contribution in [1.82, 2.24) is 4.57 Å². The van der Waals surface area contributed by atoms with Gasteiger partial charge in [0.1, 0.15) is 0 Å². The molecule has 0 saturated heterocycles. The maximum absolute atomic E-state index is 8.73. The Balaban J connectivity index is 2.55. The average Bonchev–Trinajstić information content (AvgIpc) is 2.61. The van der Waals surface area contributed by atoms with Crippen molar-refractivity contribution in [3.8, 4) is 6.07 Å². The number of benzene rings is 1. The monoisotopic (exact) mass is 185 g/mol. The topological polar surface area (TPSA) is 54.7 Å². The highest BCUT2D eigenvalue weighted by Crippen LogP contribution is 2.16. The van der Waals surface area contributed by atoms with Crippen molar-refractivity contribution in [1.29, 1.82) is 5.26 Å². The van der Waals surface area contributed by atoms with Gasteiger partial charge in [0, 0.05) is 30.2 Å². The van der Waals surface area contributed by atoms with Gasteiger partial charge in [0.15, 0.2) is 0 Å². The highest BCUT2D eigenvalue weighted by Gasteiger charge is 2.00. The summed E-state index contributed by atoms with van der Waals surface area (Å²) in [5, 5.41) is 9.83. The molecule has 2 N–H and O–H groups in total. The van der Waals surface area contributed by atoms with E-state index in [1.165, 1.54) is 0 Å². The second-order valence-electron chi connectivity index (χ2n) is 3.18. The molecule has 2 rings (SSSR count). The number of hydrogen-bond acceptors (Lipinski definition) is 2. The number of hydrogen-bond donors (Lipinski definition) is 1. The lowest BCUT2D eigenvalue weighted by atomic mass is 10.2. The van der Waals surface area contributed by atoms with Crippen LogP contribution >= 0.6 is 0 Å². The van der Waals surface area contributed by atoms with E-state index in [0.29, 0.717) is 12.1 Å². The molecule has 0 aliphatic heterocycles. The molecule has 0 amide bonds. The van der Waals surface area contributed by atoms with Crippen molar-refractivity contribution < 1.29 is 0 Å². The first-order valence-corrected chi connectivity index (χ1v) is 4.54. The van der Waals surface area contributed by atoms with Crippen molar-refractivity contribution >= 4 is 10.9 Å². The van der Waals surface area contributed by atoms with Gasteiger partial charge in [-0.2, -0.15) is 5.26 Å². The van der Waals surface area contributed by atoms with Crippen LogP contribution in [-0.4, -0.2) is 11.1 Å². The highest BCUT2D eigenvalue weighted by atomic mass is 15.0. The smallest absolute Gasteiger partial charge is 0.0991 e.